The molecule has 3 N–H and O–H groups in total. The van der Waals surface area contributed by atoms with Gasteiger partial charge in [0, 0.05) is 162 Å². The lowest BCUT2D eigenvalue weighted by Gasteiger charge is -2.32. The van der Waals surface area contributed by atoms with Crippen LogP contribution in [0.3, 0.4) is 0 Å². The normalized spacial score (nSPS) is 14.4. The van der Waals surface area contributed by atoms with Crippen LogP contribution in [0, 0.1) is 17.8 Å². The van der Waals surface area contributed by atoms with E-state index in [-0.39, 0.29) is 59.2 Å². The summed E-state index contributed by atoms with van der Waals surface area (Å²) in [5.41, 5.74) is 11.6. The van der Waals surface area contributed by atoms with E-state index in [1.54, 1.807) is 25.7 Å². The van der Waals surface area contributed by atoms with E-state index < -0.39 is 0 Å². The summed E-state index contributed by atoms with van der Waals surface area (Å²) in [7, 11) is 1.65. The van der Waals surface area contributed by atoms with E-state index >= 15 is 0 Å². The van der Waals surface area contributed by atoms with Crippen LogP contribution in [0.5, 0.6) is 5.75 Å². The number of halogens is 3. The highest BCUT2D eigenvalue weighted by molar-refractivity contribution is 6.31. The predicted molar refractivity (Wildman–Crippen MR) is 435 cm³/mol. The molecule has 3 aliphatic heterocycles. The molecule has 3 aliphatic rings. The van der Waals surface area contributed by atoms with Crippen molar-refractivity contribution in [1.82, 2.24) is 54.3 Å². The number of benzene rings is 7. The molecular formula is C89H90Cl3N11O7. The number of pyridine rings is 2. The molecule has 0 aliphatic carbocycles. The zero-order chi connectivity index (χ0) is 76.5. The Bertz CT molecular complexity index is 5140. The highest BCUT2D eigenvalue weighted by Crippen LogP contribution is 2.31. The number of hydrogen-bond donors (Lipinski definition) is 3. The average Bonchev–Trinajstić information content (AvgIpc) is 1.64. The first-order chi connectivity index (χ1) is 53.6. The Labute approximate surface area is 656 Å². The van der Waals surface area contributed by atoms with Crippen molar-refractivity contribution < 1.29 is 33.5 Å². The highest BCUT2D eigenvalue weighted by atomic mass is 35.5. The molecule has 6 amide bonds. The van der Waals surface area contributed by atoms with Gasteiger partial charge in [-0.15, -0.1) is 0 Å². The van der Waals surface area contributed by atoms with E-state index in [1.807, 2.05) is 240 Å². The van der Waals surface area contributed by atoms with Gasteiger partial charge in [-0.25, -0.2) is 0 Å². The van der Waals surface area contributed by atoms with Crippen molar-refractivity contribution in [2.24, 2.45) is 17.8 Å². The van der Waals surface area contributed by atoms with Gasteiger partial charge in [0.15, 0.2) is 0 Å². The van der Waals surface area contributed by atoms with Crippen LogP contribution in [0.15, 0.2) is 237 Å². The summed E-state index contributed by atoms with van der Waals surface area (Å²) in [6.07, 6.45) is 12.5. The molecule has 0 saturated carbocycles. The second-order valence-electron chi connectivity index (χ2n) is 28.4. The van der Waals surface area contributed by atoms with Gasteiger partial charge in [-0.2, -0.15) is 0 Å². The van der Waals surface area contributed by atoms with E-state index in [0.717, 1.165) is 84.7 Å². The van der Waals surface area contributed by atoms with Crippen LogP contribution in [-0.4, -0.2) is 133 Å². The molecule has 12 aromatic rings. The fourth-order valence-corrected chi connectivity index (χ4v) is 15.3. The summed E-state index contributed by atoms with van der Waals surface area (Å²) in [5.74, 6) is 0.776. The van der Waals surface area contributed by atoms with Crippen LogP contribution in [0.4, 0.5) is 0 Å². The zero-order valence-electron chi connectivity index (χ0n) is 61.8. The van der Waals surface area contributed by atoms with Crippen molar-refractivity contribution in [1.29, 1.82) is 0 Å². The lowest BCUT2D eigenvalue weighted by Crippen LogP contribution is -2.43. The zero-order valence-corrected chi connectivity index (χ0v) is 64.1. The summed E-state index contributed by atoms with van der Waals surface area (Å²) in [6.45, 7) is 8.29. The number of methoxy groups -OCH3 is 1. The fourth-order valence-electron chi connectivity index (χ4n) is 14.9. The first kappa shape index (κ1) is 77.1. The first-order valence-electron chi connectivity index (χ1n) is 37.7. The Kier molecular flexibility index (Phi) is 25.9. The lowest BCUT2D eigenvalue weighted by molar-refractivity contribution is -0.127. The molecule has 21 heteroatoms. The second-order valence-corrected chi connectivity index (χ2v) is 29.7. The third-order valence-corrected chi connectivity index (χ3v) is 21.9. The molecular weight excluding hydrogens is 1440 g/mol. The number of nitrogens with zero attached hydrogens (tertiary/aromatic N) is 8. The maximum absolute atomic E-state index is 13.7. The van der Waals surface area contributed by atoms with Gasteiger partial charge in [0.05, 0.1) is 13.2 Å². The van der Waals surface area contributed by atoms with E-state index in [4.69, 9.17) is 39.5 Å². The van der Waals surface area contributed by atoms with Gasteiger partial charge in [0.1, 0.15) is 22.8 Å². The van der Waals surface area contributed by atoms with Crippen molar-refractivity contribution in [3.8, 4) is 5.75 Å². The van der Waals surface area contributed by atoms with Gasteiger partial charge in [0.2, 0.25) is 17.7 Å². The molecule has 7 aromatic carbocycles. The number of fused-ring (bicyclic) bond motifs is 3. The Morgan fingerprint density at radius 2 is 0.782 bits per heavy atom. The van der Waals surface area contributed by atoms with Gasteiger partial charge in [-0.05, 0) is 195 Å². The molecule has 0 bridgehead atoms. The molecule has 5 aromatic heterocycles. The number of carbonyl (C=O) groups is 6. The predicted octanol–water partition coefficient (Wildman–Crippen LogP) is 16.0. The SMILES string of the molecule is CC(NC(=O)C1CCN(C(=O)c2cc3ccccc3n2Cc2ccc(Cl)cc2)CC1)c1ccncc1.COc1cccc(CCNC(=O)C2CCN(C(=O)c3cc4ccccc4n3Cc3ccc(Cl)cc3)CC2)c1.O=C(NCCc1cccnc1)C1CCN(C(=O)c2cc3ccccc3n2Cc2ccc(Cl)cc2)CC1. The molecule has 1 unspecified atom stereocenters. The summed E-state index contributed by atoms with van der Waals surface area (Å²) >= 11 is 18.2. The van der Waals surface area contributed by atoms with Crippen molar-refractivity contribution in [2.75, 3.05) is 59.5 Å². The van der Waals surface area contributed by atoms with Crippen molar-refractivity contribution >= 4 is 103 Å². The largest absolute Gasteiger partial charge is 0.497 e. The molecule has 8 heterocycles. The Morgan fingerprint density at radius 3 is 1.16 bits per heavy atom. The quantitative estimate of drug-likeness (QED) is 0.0626. The van der Waals surface area contributed by atoms with E-state index in [0.29, 0.717) is 143 Å². The molecule has 1 atom stereocenters. The molecule has 110 heavy (non-hydrogen) atoms. The van der Waals surface area contributed by atoms with E-state index in [1.165, 1.54) is 0 Å². The fraction of sp³-hybridized carbons (Fsp3) is 0.281. The van der Waals surface area contributed by atoms with Crippen LogP contribution >= 0.6 is 34.8 Å². The molecule has 3 saturated heterocycles. The van der Waals surface area contributed by atoms with Gasteiger partial charge < -0.3 is 49.1 Å². The minimum atomic E-state index is -0.0988. The van der Waals surface area contributed by atoms with E-state index in [9.17, 15) is 28.8 Å². The monoisotopic (exact) mass is 1530 g/mol. The van der Waals surface area contributed by atoms with Gasteiger partial charge in [-0.3, -0.25) is 38.7 Å². The summed E-state index contributed by atoms with van der Waals surface area (Å²) < 4.78 is 11.5. The number of piperidine rings is 3. The number of rotatable bonds is 21. The standard InChI is InChI=1S/C31H32ClN3O3.2C29H29ClN4O2/c1-38-27-7-4-5-22(19-27)13-16-33-30(36)24-14-17-34(18-15-24)31(37)29-20-25-6-2-3-8-28(25)35(29)21-23-9-11-26(32)12-10-23;1-20(22-10-14-31-15-11-22)32-28(35)23-12-16-33(17-13-23)29(36)27-18-24-4-2-3-5-26(24)34(27)19-21-6-8-25(30)9-7-21;30-25-9-7-22(8-10-25)20-34-26-6-2-1-5-24(26)18-27(34)29(36)33-16-12-23(13-17-33)28(35)32-15-11-21-4-3-14-31-19-21/h2-12,19-20,24H,13-18,21H2,1H3,(H,33,36);2-11,14-15,18,20,23H,12-13,16-17,19H2,1H3,(H,32,35);1-10,14,18-19,23H,11-13,15-17,20H2,(H,32,35). The minimum Gasteiger partial charge on any atom is -0.497 e. The van der Waals surface area contributed by atoms with Crippen molar-refractivity contribution in [3.63, 3.8) is 0 Å². The first-order valence-corrected chi connectivity index (χ1v) is 38.9. The number of carbonyl (C=O) groups excluding carboxylic acids is 6. The van der Waals surface area contributed by atoms with Gasteiger partial charge in [-0.1, -0.05) is 144 Å². The lowest BCUT2D eigenvalue weighted by atomic mass is 9.95. The average molecular weight is 1530 g/mol. The van der Waals surface area contributed by atoms with Gasteiger partial charge >= 0.3 is 0 Å². The van der Waals surface area contributed by atoms with Crippen LogP contribution in [0.1, 0.15) is 116 Å². The molecule has 0 spiro atoms. The molecule has 3 fully saturated rings. The minimum absolute atomic E-state index is 0.00387. The summed E-state index contributed by atoms with van der Waals surface area (Å²) in [4.78, 5) is 93.1. The summed E-state index contributed by atoms with van der Waals surface area (Å²) in [5, 5.41) is 14.4. The van der Waals surface area contributed by atoms with Crippen LogP contribution in [0.25, 0.3) is 32.7 Å². The number of ether oxygens (including phenoxy) is 1. The summed E-state index contributed by atoms with van der Waals surface area (Å²) in [6, 6.07) is 68.8. The third kappa shape index (κ3) is 19.5. The number of nitrogens with one attached hydrogen (secondary N) is 3. The number of aromatic nitrogens is 5. The topological polar surface area (TPSA) is 198 Å². The van der Waals surface area contributed by atoms with Crippen LogP contribution in [0.2, 0.25) is 15.1 Å². The van der Waals surface area contributed by atoms with Crippen LogP contribution < -0.4 is 20.7 Å². The highest BCUT2D eigenvalue weighted by Gasteiger charge is 2.34. The van der Waals surface area contributed by atoms with Gasteiger partial charge in [0.25, 0.3) is 17.7 Å². The van der Waals surface area contributed by atoms with Crippen molar-refractivity contribution in [2.45, 2.75) is 84.0 Å². The molecule has 564 valence electrons. The third-order valence-electron chi connectivity index (χ3n) is 21.2. The van der Waals surface area contributed by atoms with Crippen molar-refractivity contribution in [3.05, 3.63) is 303 Å². The Hall–Kier alpha value is -11.1. The number of hydrogen-bond acceptors (Lipinski definition) is 9. The molecule has 15 rings (SSSR count). The number of likely N-dealkylation sites (tertiary alicyclic amines) is 3. The Balaban J connectivity index is 0.000000145. The van der Waals surface area contributed by atoms with E-state index in [2.05, 4.69) is 39.6 Å². The second kappa shape index (κ2) is 36.9. The molecule has 0 radical (unpaired) electrons. The Morgan fingerprint density at radius 1 is 0.409 bits per heavy atom. The maximum atomic E-state index is 13.7. The molecule has 18 nitrogen and oxygen atoms in total. The smallest absolute Gasteiger partial charge is 0.270 e. The number of amides is 6. The maximum Gasteiger partial charge on any atom is 0.270 e. The number of para-hydroxylation sites is 3. The van der Waals surface area contributed by atoms with Crippen LogP contribution in [-0.2, 0) is 46.9 Å².